The van der Waals surface area contributed by atoms with Gasteiger partial charge in [0.15, 0.2) is 0 Å². The van der Waals surface area contributed by atoms with Gasteiger partial charge >= 0.3 is 0 Å². The average Bonchev–Trinajstić information content (AvgIpc) is 3.13. The first-order valence-corrected chi connectivity index (χ1v) is 10.1. The van der Waals surface area contributed by atoms with Crippen LogP contribution < -0.4 is 10.9 Å². The van der Waals surface area contributed by atoms with E-state index in [0.717, 1.165) is 48.4 Å². The summed E-state index contributed by atoms with van der Waals surface area (Å²) in [6.07, 6.45) is 6.05. The van der Waals surface area contributed by atoms with Crippen molar-refractivity contribution >= 4 is 11.2 Å². The van der Waals surface area contributed by atoms with Gasteiger partial charge in [0, 0.05) is 12.3 Å². The predicted molar refractivity (Wildman–Crippen MR) is 112 cm³/mol. The minimum absolute atomic E-state index is 0.0769. The molecule has 1 fully saturated rings. The van der Waals surface area contributed by atoms with E-state index in [1.54, 1.807) is 10.5 Å². The summed E-state index contributed by atoms with van der Waals surface area (Å²) in [7, 11) is 0. The highest BCUT2D eigenvalue weighted by atomic mass is 16.1. The molecule has 0 amide bonds. The number of nitrogens with zero attached hydrogens (tertiary/aromatic N) is 5. The van der Waals surface area contributed by atoms with Crippen LogP contribution in [0.25, 0.3) is 22.6 Å². The molecule has 0 unspecified atom stereocenters. The molecule has 5 heterocycles. The zero-order valence-electron chi connectivity index (χ0n) is 16.9. The number of hydrogen-bond acceptors (Lipinski definition) is 5. The van der Waals surface area contributed by atoms with E-state index in [1.165, 1.54) is 5.56 Å². The molecule has 1 N–H and O–H groups in total. The maximum absolute atomic E-state index is 13.0. The Morgan fingerprint density at radius 3 is 2.59 bits per heavy atom. The maximum Gasteiger partial charge on any atom is 0.258 e. The Morgan fingerprint density at radius 2 is 1.79 bits per heavy atom. The van der Waals surface area contributed by atoms with Crippen molar-refractivity contribution in [2.75, 3.05) is 13.1 Å². The number of pyridine rings is 1. The lowest BCUT2D eigenvalue weighted by molar-refractivity contribution is 0.459. The number of rotatable bonds is 2. The normalized spacial score (nSPS) is 15.4. The van der Waals surface area contributed by atoms with Crippen molar-refractivity contribution in [2.45, 2.75) is 39.5 Å². The third kappa shape index (κ3) is 3.11. The fourth-order valence-corrected chi connectivity index (χ4v) is 4.32. The molecule has 29 heavy (non-hydrogen) atoms. The van der Waals surface area contributed by atoms with Crippen LogP contribution in [0.5, 0.6) is 0 Å². The molecule has 1 aliphatic heterocycles. The molecule has 7 nitrogen and oxygen atoms in total. The predicted octanol–water partition coefficient (Wildman–Crippen LogP) is 2.80. The molecule has 0 bridgehead atoms. The van der Waals surface area contributed by atoms with E-state index in [2.05, 4.69) is 21.5 Å². The molecular formula is C22H24N6O. The number of hydrogen-bond donors (Lipinski definition) is 1. The molecule has 7 heteroatoms. The van der Waals surface area contributed by atoms with Gasteiger partial charge in [-0.3, -0.25) is 14.2 Å². The minimum Gasteiger partial charge on any atom is -0.317 e. The van der Waals surface area contributed by atoms with E-state index < -0.39 is 0 Å². The molecule has 148 valence electrons. The van der Waals surface area contributed by atoms with Crippen LogP contribution in [-0.4, -0.2) is 37.1 Å². The zero-order chi connectivity index (χ0) is 20.1. The van der Waals surface area contributed by atoms with Gasteiger partial charge in [0.05, 0.1) is 28.8 Å². The molecule has 0 aliphatic carbocycles. The summed E-state index contributed by atoms with van der Waals surface area (Å²) in [6.45, 7) is 7.98. The van der Waals surface area contributed by atoms with Crippen molar-refractivity contribution in [1.82, 2.24) is 29.3 Å². The third-order valence-electron chi connectivity index (χ3n) is 5.80. The maximum atomic E-state index is 13.0. The summed E-state index contributed by atoms with van der Waals surface area (Å²) >= 11 is 0. The highest BCUT2D eigenvalue weighted by molar-refractivity contribution is 5.66. The van der Waals surface area contributed by atoms with Gasteiger partial charge in [-0.15, -0.1) is 0 Å². The largest absolute Gasteiger partial charge is 0.317 e. The molecule has 5 rings (SSSR count). The molecule has 1 aliphatic rings. The lowest BCUT2D eigenvalue weighted by Gasteiger charge is -2.23. The van der Waals surface area contributed by atoms with Gasteiger partial charge in [-0.2, -0.15) is 5.10 Å². The quantitative estimate of drug-likeness (QED) is 0.571. The smallest absolute Gasteiger partial charge is 0.258 e. The summed E-state index contributed by atoms with van der Waals surface area (Å²) in [5, 5.41) is 8.03. The van der Waals surface area contributed by atoms with Gasteiger partial charge in [0.1, 0.15) is 11.3 Å². The molecule has 0 radical (unpaired) electrons. The van der Waals surface area contributed by atoms with Gasteiger partial charge in [0.2, 0.25) is 0 Å². The topological polar surface area (TPSA) is 76.6 Å². The summed E-state index contributed by atoms with van der Waals surface area (Å²) < 4.78 is 3.49. The van der Waals surface area contributed by atoms with Crippen molar-refractivity contribution < 1.29 is 0 Å². The number of aromatic nitrogens is 5. The number of nitrogens with one attached hydrogen (secondary N) is 1. The van der Waals surface area contributed by atoms with Crippen molar-refractivity contribution in [3.63, 3.8) is 0 Å². The lowest BCUT2D eigenvalue weighted by Crippen LogP contribution is -2.27. The van der Waals surface area contributed by atoms with Crippen LogP contribution in [0.4, 0.5) is 0 Å². The van der Waals surface area contributed by atoms with E-state index in [0.29, 0.717) is 23.0 Å². The monoisotopic (exact) mass is 388 g/mol. The SMILES string of the molecule is Cc1cn2nc(-c3cc(=O)n4cc(C5CCNCC5)cc(C)c4n3)cc2c(C)n1. The first kappa shape index (κ1) is 18.0. The minimum atomic E-state index is -0.0769. The van der Waals surface area contributed by atoms with Crippen LogP contribution >= 0.6 is 0 Å². The standard InChI is InChI=1S/C22H24N6O/c1-13-8-17(16-4-6-23-7-5-16)12-27-21(29)10-18(25-22(13)27)19-9-20-15(3)24-14(2)11-28(20)26-19/h8-12,16,23H,4-7H2,1-3H3. The Labute approximate surface area is 168 Å². The Morgan fingerprint density at radius 1 is 1.00 bits per heavy atom. The molecule has 0 spiro atoms. The second kappa shape index (κ2) is 6.77. The summed E-state index contributed by atoms with van der Waals surface area (Å²) in [5.74, 6) is 0.489. The van der Waals surface area contributed by atoms with Gasteiger partial charge in [0.25, 0.3) is 5.56 Å². The van der Waals surface area contributed by atoms with Crippen molar-refractivity contribution in [3.8, 4) is 11.4 Å². The lowest BCUT2D eigenvalue weighted by atomic mass is 9.90. The summed E-state index contributed by atoms with van der Waals surface area (Å²) in [6, 6.07) is 5.71. The van der Waals surface area contributed by atoms with Crippen LogP contribution in [-0.2, 0) is 0 Å². The molecule has 0 saturated carbocycles. The van der Waals surface area contributed by atoms with Gasteiger partial charge < -0.3 is 5.32 Å². The van der Waals surface area contributed by atoms with E-state index in [-0.39, 0.29) is 5.56 Å². The zero-order valence-corrected chi connectivity index (χ0v) is 16.9. The molecule has 0 aromatic carbocycles. The fourth-order valence-electron chi connectivity index (χ4n) is 4.32. The Hall–Kier alpha value is -3.06. The highest BCUT2D eigenvalue weighted by Gasteiger charge is 2.18. The molecule has 4 aromatic rings. The van der Waals surface area contributed by atoms with Crippen molar-refractivity contribution in [3.05, 3.63) is 63.5 Å². The van der Waals surface area contributed by atoms with E-state index in [4.69, 9.17) is 4.98 Å². The van der Waals surface area contributed by atoms with E-state index in [1.807, 2.05) is 43.7 Å². The second-order valence-electron chi connectivity index (χ2n) is 7.98. The number of fused-ring (bicyclic) bond motifs is 2. The Bertz CT molecular complexity index is 1300. The average molecular weight is 388 g/mol. The van der Waals surface area contributed by atoms with Gasteiger partial charge in [-0.25, -0.2) is 9.50 Å². The second-order valence-corrected chi connectivity index (χ2v) is 7.98. The first-order chi connectivity index (χ1) is 14.0. The van der Waals surface area contributed by atoms with E-state index in [9.17, 15) is 4.79 Å². The van der Waals surface area contributed by atoms with Crippen LogP contribution in [0.3, 0.4) is 0 Å². The van der Waals surface area contributed by atoms with Crippen LogP contribution in [0, 0.1) is 20.8 Å². The van der Waals surface area contributed by atoms with Crippen molar-refractivity contribution in [1.29, 1.82) is 0 Å². The van der Waals surface area contributed by atoms with Crippen LogP contribution in [0.2, 0.25) is 0 Å². The molecule has 1 saturated heterocycles. The van der Waals surface area contributed by atoms with Gasteiger partial charge in [-0.05, 0) is 69.8 Å². The van der Waals surface area contributed by atoms with Crippen LogP contribution in [0.15, 0.2) is 35.4 Å². The Kier molecular flexibility index (Phi) is 4.20. The Balaban J connectivity index is 1.64. The number of piperidine rings is 1. The molecule has 4 aromatic heterocycles. The van der Waals surface area contributed by atoms with Crippen LogP contribution in [0.1, 0.15) is 41.3 Å². The summed E-state index contributed by atoms with van der Waals surface area (Å²) in [5.41, 5.74) is 6.85. The first-order valence-electron chi connectivity index (χ1n) is 10.1. The van der Waals surface area contributed by atoms with E-state index >= 15 is 0 Å². The third-order valence-corrected chi connectivity index (χ3v) is 5.80. The highest BCUT2D eigenvalue weighted by Crippen LogP contribution is 2.27. The van der Waals surface area contributed by atoms with Crippen molar-refractivity contribution in [2.24, 2.45) is 0 Å². The molecular weight excluding hydrogens is 364 g/mol. The molecule has 0 atom stereocenters. The fraction of sp³-hybridized carbons (Fsp3) is 0.364. The number of aryl methyl sites for hydroxylation is 3. The summed E-state index contributed by atoms with van der Waals surface area (Å²) in [4.78, 5) is 22.2. The van der Waals surface area contributed by atoms with Gasteiger partial charge in [-0.1, -0.05) is 6.07 Å².